The average molecular weight is 475 g/mol. The fourth-order valence-corrected chi connectivity index (χ4v) is 4.67. The molecule has 3 aliphatic rings. The summed E-state index contributed by atoms with van der Waals surface area (Å²) in [6.07, 6.45) is 5.72. The van der Waals surface area contributed by atoms with Crippen molar-refractivity contribution >= 4 is 40.3 Å². The topological polar surface area (TPSA) is 119 Å². The van der Waals surface area contributed by atoms with E-state index < -0.39 is 0 Å². The molecule has 0 unspecified atom stereocenters. The number of carbonyl (C=O) groups is 2. The summed E-state index contributed by atoms with van der Waals surface area (Å²) in [4.78, 5) is 34.8. The Morgan fingerprint density at radius 2 is 2.12 bits per heavy atom. The number of thiazole rings is 1. The molecule has 3 aliphatic heterocycles. The van der Waals surface area contributed by atoms with E-state index >= 15 is 0 Å². The minimum Gasteiger partial charge on any atom is -0.330 e. The number of nitrogens with two attached hydrogens (primary N) is 1. The predicted molar refractivity (Wildman–Crippen MR) is 129 cm³/mol. The Hall–Kier alpha value is -4.14. The van der Waals surface area contributed by atoms with Gasteiger partial charge in [0, 0.05) is 35.8 Å². The third kappa shape index (κ3) is 4.00. The Balaban J connectivity index is 1.37. The van der Waals surface area contributed by atoms with E-state index in [1.807, 2.05) is 17.1 Å². The highest BCUT2D eigenvalue weighted by Crippen LogP contribution is 2.36. The lowest BCUT2D eigenvalue weighted by atomic mass is 10.1. The normalized spacial score (nSPS) is 18.8. The quantitative estimate of drug-likeness (QED) is 0.455. The molecule has 0 spiro atoms. The molecule has 5 rings (SSSR count). The monoisotopic (exact) mass is 474 g/mol. The van der Waals surface area contributed by atoms with Crippen molar-refractivity contribution in [3.05, 3.63) is 64.6 Å². The van der Waals surface area contributed by atoms with Crippen molar-refractivity contribution in [2.45, 2.75) is 19.4 Å². The Bertz CT molecular complexity index is 1270. The highest BCUT2D eigenvalue weighted by molar-refractivity contribution is 7.13. The summed E-state index contributed by atoms with van der Waals surface area (Å²) in [5, 5.41) is 8.62. The van der Waals surface area contributed by atoms with Gasteiger partial charge in [0.1, 0.15) is 17.7 Å². The van der Waals surface area contributed by atoms with Crippen LogP contribution in [0.3, 0.4) is 0 Å². The molecule has 0 bridgehead atoms. The minimum absolute atomic E-state index is 0.0337. The van der Waals surface area contributed by atoms with E-state index in [0.29, 0.717) is 23.8 Å². The van der Waals surface area contributed by atoms with E-state index in [1.54, 1.807) is 48.1 Å². The first-order valence-corrected chi connectivity index (χ1v) is 11.5. The zero-order chi connectivity index (χ0) is 23.7. The van der Waals surface area contributed by atoms with E-state index in [-0.39, 0.29) is 17.9 Å². The summed E-state index contributed by atoms with van der Waals surface area (Å²) in [6, 6.07) is 7.29. The second-order valence-electron chi connectivity index (χ2n) is 7.83. The Morgan fingerprint density at radius 3 is 2.85 bits per heavy atom. The molecule has 11 heteroatoms. The van der Waals surface area contributed by atoms with Crippen LogP contribution in [0.25, 0.3) is 5.70 Å². The summed E-state index contributed by atoms with van der Waals surface area (Å²) in [6.45, 7) is 2.83. The van der Waals surface area contributed by atoms with Gasteiger partial charge in [0.2, 0.25) is 0 Å². The number of benzene rings is 1. The number of nitrogens with zero attached hydrogens (tertiary/aromatic N) is 5. The lowest BCUT2D eigenvalue weighted by Gasteiger charge is -2.29. The van der Waals surface area contributed by atoms with E-state index in [4.69, 9.17) is 5.84 Å². The van der Waals surface area contributed by atoms with Gasteiger partial charge in [0.15, 0.2) is 5.13 Å². The highest BCUT2D eigenvalue weighted by Gasteiger charge is 2.39. The number of nitrogens with one attached hydrogen (secondary N) is 2. The van der Waals surface area contributed by atoms with Gasteiger partial charge in [-0.05, 0) is 31.4 Å². The van der Waals surface area contributed by atoms with Crippen molar-refractivity contribution < 1.29 is 9.59 Å². The van der Waals surface area contributed by atoms with E-state index in [9.17, 15) is 9.59 Å². The third-order valence-electron chi connectivity index (χ3n) is 5.75. The van der Waals surface area contributed by atoms with Gasteiger partial charge in [0.25, 0.3) is 11.8 Å². The van der Waals surface area contributed by atoms with Crippen LogP contribution in [0.15, 0.2) is 58.4 Å². The van der Waals surface area contributed by atoms with Gasteiger partial charge in [-0.25, -0.2) is 15.8 Å². The molecule has 10 nitrogen and oxygen atoms in total. The van der Waals surface area contributed by atoms with Crippen LogP contribution in [0.5, 0.6) is 0 Å². The molecule has 1 fully saturated rings. The molecule has 0 saturated carbocycles. The molecular weight excluding hydrogens is 452 g/mol. The molecule has 1 aromatic heterocycles. The van der Waals surface area contributed by atoms with E-state index in [2.05, 4.69) is 32.6 Å². The number of anilines is 1. The second-order valence-corrected chi connectivity index (χ2v) is 8.72. The van der Waals surface area contributed by atoms with E-state index in [0.717, 1.165) is 29.1 Å². The molecular formula is C23H22N8O2S. The highest BCUT2D eigenvalue weighted by atomic mass is 32.1. The standard InChI is InChI=1S/C23H22N8O2S/c1-2-3-19(32)29-10-8-17(13-29)31-18-12-25-14-30(24)21(18)20(28-31)15-4-6-16(7-5-15)22(33)27-23-26-9-11-34-23/h4-7,9,11-12,14,17,28H,8,10,13,24H2,1H3,(H,26,27,33)/t17-/m1/s1. The number of rotatable bonds is 4. The SMILES string of the molecule is CC#CC(=O)N1CC[C@@H](N2NC(c3ccc(C(=O)Nc4nccs4)cc3)=C3C2=CN=CN3N)C1. The third-order valence-corrected chi connectivity index (χ3v) is 6.44. The van der Waals surface area contributed by atoms with Gasteiger partial charge < -0.3 is 4.90 Å². The first kappa shape index (κ1) is 21.7. The van der Waals surface area contributed by atoms with Crippen LogP contribution in [0.2, 0.25) is 0 Å². The molecule has 1 atom stereocenters. The Morgan fingerprint density at radius 1 is 1.29 bits per heavy atom. The first-order valence-electron chi connectivity index (χ1n) is 10.7. The number of aliphatic imine (C=N–C) groups is 1. The van der Waals surface area contributed by atoms with Crippen LogP contribution in [0.1, 0.15) is 29.3 Å². The molecule has 2 aromatic rings. The number of aromatic nitrogens is 1. The van der Waals surface area contributed by atoms with Crippen molar-refractivity contribution in [2.24, 2.45) is 10.8 Å². The smallest absolute Gasteiger partial charge is 0.298 e. The average Bonchev–Trinajstić information content (AvgIpc) is 3.59. The molecule has 172 valence electrons. The van der Waals surface area contributed by atoms with Crippen molar-refractivity contribution in [1.82, 2.24) is 25.3 Å². The van der Waals surface area contributed by atoms with Crippen molar-refractivity contribution in [2.75, 3.05) is 18.4 Å². The maximum absolute atomic E-state index is 12.5. The number of amides is 2. The maximum Gasteiger partial charge on any atom is 0.298 e. The lowest BCUT2D eigenvalue weighted by Crippen LogP contribution is -2.43. The van der Waals surface area contributed by atoms with Crippen LogP contribution in [-0.4, -0.2) is 57.2 Å². The van der Waals surface area contributed by atoms with Crippen molar-refractivity contribution in [3.63, 3.8) is 0 Å². The number of hydrazine groups is 2. The van der Waals surface area contributed by atoms with Crippen molar-refractivity contribution in [1.29, 1.82) is 0 Å². The van der Waals surface area contributed by atoms with Gasteiger partial charge in [-0.1, -0.05) is 18.1 Å². The Labute approximate surface area is 200 Å². The fourth-order valence-electron chi connectivity index (χ4n) is 4.15. The molecule has 4 heterocycles. The van der Waals surface area contributed by atoms with Crippen molar-refractivity contribution in [3.8, 4) is 11.8 Å². The van der Waals surface area contributed by atoms with Crippen LogP contribution in [0, 0.1) is 11.8 Å². The lowest BCUT2D eigenvalue weighted by molar-refractivity contribution is -0.124. The zero-order valence-electron chi connectivity index (χ0n) is 18.4. The fraction of sp³-hybridized carbons (Fsp3) is 0.217. The number of hydrogen-bond donors (Lipinski definition) is 3. The molecule has 4 N–H and O–H groups in total. The first-order chi connectivity index (χ1) is 16.5. The zero-order valence-corrected chi connectivity index (χ0v) is 19.2. The number of fused-ring (bicyclic) bond motifs is 1. The molecule has 2 amide bonds. The summed E-state index contributed by atoms with van der Waals surface area (Å²) >= 11 is 1.36. The van der Waals surface area contributed by atoms with Crippen LogP contribution in [0.4, 0.5) is 5.13 Å². The largest absolute Gasteiger partial charge is 0.330 e. The van der Waals surface area contributed by atoms with Gasteiger partial charge in [-0.15, -0.1) is 11.3 Å². The van der Waals surface area contributed by atoms with Gasteiger partial charge >= 0.3 is 0 Å². The molecule has 34 heavy (non-hydrogen) atoms. The van der Waals surface area contributed by atoms with Gasteiger partial charge in [0.05, 0.1) is 17.9 Å². The second kappa shape index (κ2) is 9.01. The molecule has 0 aliphatic carbocycles. The van der Waals surface area contributed by atoms with E-state index in [1.165, 1.54) is 16.3 Å². The van der Waals surface area contributed by atoms with Gasteiger partial charge in [-0.2, -0.15) is 0 Å². The number of likely N-dealkylation sites (tertiary alicyclic amines) is 1. The van der Waals surface area contributed by atoms with Crippen LogP contribution in [-0.2, 0) is 4.79 Å². The number of hydrogen-bond acceptors (Lipinski definition) is 9. The number of carbonyl (C=O) groups excluding carboxylic acids is 2. The Kier molecular flexibility index (Phi) is 5.75. The minimum atomic E-state index is -0.225. The molecule has 1 saturated heterocycles. The summed E-state index contributed by atoms with van der Waals surface area (Å²) < 4.78 is 0. The molecule has 0 radical (unpaired) electrons. The molecule has 1 aromatic carbocycles. The summed E-state index contributed by atoms with van der Waals surface area (Å²) in [7, 11) is 0. The maximum atomic E-state index is 12.5. The summed E-state index contributed by atoms with van der Waals surface area (Å²) in [5.41, 5.74) is 7.24. The van der Waals surface area contributed by atoms with Crippen LogP contribution < -0.4 is 16.6 Å². The summed E-state index contributed by atoms with van der Waals surface area (Å²) in [5.74, 6) is 11.1. The van der Waals surface area contributed by atoms with Crippen LogP contribution >= 0.6 is 11.3 Å². The predicted octanol–water partition coefficient (Wildman–Crippen LogP) is 1.57. The van der Waals surface area contributed by atoms with Gasteiger partial charge in [-0.3, -0.25) is 30.3 Å².